The Morgan fingerprint density at radius 3 is 2.72 bits per heavy atom. The largest absolute Gasteiger partial charge is 0.444 e. The van der Waals surface area contributed by atoms with Gasteiger partial charge in [-0.15, -0.1) is 0 Å². The highest BCUT2D eigenvalue weighted by molar-refractivity contribution is 5.77. The fraction of sp³-hybridized carbons (Fsp3) is 0.591. The number of halogens is 1. The van der Waals surface area contributed by atoms with Crippen molar-refractivity contribution in [2.75, 3.05) is 13.1 Å². The van der Waals surface area contributed by atoms with Crippen LogP contribution in [-0.4, -0.2) is 39.2 Å². The summed E-state index contributed by atoms with van der Waals surface area (Å²) in [4.78, 5) is 31.6. The Kier molecular flexibility index (Phi) is 6.24. The summed E-state index contributed by atoms with van der Waals surface area (Å²) in [5.41, 5.74) is -0.176. The van der Waals surface area contributed by atoms with Gasteiger partial charge in [0.15, 0.2) is 0 Å². The second-order valence-electron chi connectivity index (χ2n) is 8.71. The summed E-state index contributed by atoms with van der Waals surface area (Å²) in [5.74, 6) is 0.621. The van der Waals surface area contributed by atoms with E-state index in [2.05, 4.69) is 4.98 Å². The average molecular weight is 403 g/mol. The van der Waals surface area contributed by atoms with Crippen LogP contribution in [0.4, 0.5) is 9.18 Å². The lowest BCUT2D eigenvalue weighted by Gasteiger charge is -2.26. The molecule has 7 heteroatoms. The molecule has 1 aromatic carbocycles. The van der Waals surface area contributed by atoms with E-state index in [1.54, 1.807) is 15.5 Å². The van der Waals surface area contributed by atoms with Crippen LogP contribution in [0.2, 0.25) is 0 Å². The maximum atomic E-state index is 13.6. The molecule has 1 aliphatic heterocycles. The Labute approximate surface area is 170 Å². The number of benzene rings is 1. The molecular formula is C22H30FN3O3. The predicted molar refractivity (Wildman–Crippen MR) is 110 cm³/mol. The van der Waals surface area contributed by atoms with Crippen molar-refractivity contribution in [2.24, 2.45) is 5.92 Å². The fourth-order valence-corrected chi connectivity index (χ4v) is 3.86. The van der Waals surface area contributed by atoms with Gasteiger partial charge in [0.25, 0.3) is 5.56 Å². The highest BCUT2D eigenvalue weighted by atomic mass is 19.1. The zero-order valence-electron chi connectivity index (χ0n) is 17.7. The van der Waals surface area contributed by atoms with E-state index < -0.39 is 11.4 Å². The van der Waals surface area contributed by atoms with Crippen LogP contribution in [0.1, 0.15) is 52.8 Å². The minimum atomic E-state index is -0.505. The van der Waals surface area contributed by atoms with Crippen LogP contribution in [0.3, 0.4) is 0 Å². The third kappa shape index (κ3) is 5.14. The average Bonchev–Trinajstić information content (AvgIpc) is 2.87. The van der Waals surface area contributed by atoms with Crippen LogP contribution in [-0.2, 0) is 17.7 Å². The Balaban J connectivity index is 1.76. The molecule has 158 valence electrons. The first kappa shape index (κ1) is 21.3. The molecule has 0 radical (unpaired) electrons. The standard InChI is InChI=1S/C22H30FN3O3/c1-5-26-19(24-18-9-8-16(23)14-17(18)20(26)27)13-15-7-6-11-25(12-10-15)21(28)29-22(2,3)4/h8-9,14-15H,5-7,10-13H2,1-4H3. The number of carbonyl (C=O) groups is 1. The molecule has 0 N–H and O–H groups in total. The van der Waals surface area contributed by atoms with Gasteiger partial charge in [-0.3, -0.25) is 9.36 Å². The number of nitrogens with zero attached hydrogens (tertiary/aromatic N) is 3. The van der Waals surface area contributed by atoms with Gasteiger partial charge < -0.3 is 9.64 Å². The van der Waals surface area contributed by atoms with E-state index in [1.165, 1.54) is 12.1 Å². The Morgan fingerprint density at radius 1 is 1.28 bits per heavy atom. The van der Waals surface area contributed by atoms with Crippen molar-refractivity contribution in [3.8, 4) is 0 Å². The van der Waals surface area contributed by atoms with Gasteiger partial charge in [0, 0.05) is 26.1 Å². The van der Waals surface area contributed by atoms with Crippen LogP contribution in [0.5, 0.6) is 0 Å². The molecule has 2 heterocycles. The van der Waals surface area contributed by atoms with E-state index in [1.807, 2.05) is 27.7 Å². The Hall–Kier alpha value is -2.44. The second kappa shape index (κ2) is 8.51. The van der Waals surface area contributed by atoms with Crippen LogP contribution >= 0.6 is 0 Å². The van der Waals surface area contributed by atoms with E-state index >= 15 is 0 Å². The molecule has 6 nitrogen and oxygen atoms in total. The molecule has 0 aliphatic carbocycles. The topological polar surface area (TPSA) is 64.4 Å². The van der Waals surface area contributed by atoms with Crippen molar-refractivity contribution in [2.45, 2.75) is 65.5 Å². The number of aromatic nitrogens is 2. The van der Waals surface area contributed by atoms with Gasteiger partial charge >= 0.3 is 6.09 Å². The van der Waals surface area contributed by atoms with Crippen LogP contribution in [0.25, 0.3) is 10.9 Å². The van der Waals surface area contributed by atoms with E-state index in [4.69, 9.17) is 4.74 Å². The molecule has 1 unspecified atom stereocenters. The highest BCUT2D eigenvalue weighted by Crippen LogP contribution is 2.23. The minimum Gasteiger partial charge on any atom is -0.444 e. The maximum Gasteiger partial charge on any atom is 0.410 e. The number of carbonyl (C=O) groups excluding carboxylic acids is 1. The molecule has 1 aliphatic rings. The van der Waals surface area contributed by atoms with Crippen molar-refractivity contribution in [3.05, 3.63) is 40.2 Å². The zero-order valence-corrected chi connectivity index (χ0v) is 17.7. The lowest BCUT2D eigenvalue weighted by molar-refractivity contribution is 0.0255. The lowest BCUT2D eigenvalue weighted by atomic mass is 9.96. The molecule has 2 aromatic rings. The van der Waals surface area contributed by atoms with Crippen molar-refractivity contribution in [3.63, 3.8) is 0 Å². The highest BCUT2D eigenvalue weighted by Gasteiger charge is 2.26. The first-order valence-electron chi connectivity index (χ1n) is 10.3. The van der Waals surface area contributed by atoms with E-state index in [9.17, 15) is 14.0 Å². The number of hydrogen-bond acceptors (Lipinski definition) is 4. The number of ether oxygens (including phenoxy) is 1. The molecule has 1 aromatic heterocycles. The smallest absolute Gasteiger partial charge is 0.410 e. The Bertz CT molecular complexity index is 949. The second-order valence-corrected chi connectivity index (χ2v) is 8.71. The lowest BCUT2D eigenvalue weighted by Crippen LogP contribution is -2.37. The normalized spacial score (nSPS) is 18.0. The summed E-state index contributed by atoms with van der Waals surface area (Å²) in [5, 5.41) is 0.313. The molecule has 0 bridgehead atoms. The molecule has 1 saturated heterocycles. The molecule has 29 heavy (non-hydrogen) atoms. The van der Waals surface area contributed by atoms with Crippen LogP contribution < -0.4 is 5.56 Å². The first-order chi connectivity index (χ1) is 13.7. The zero-order chi connectivity index (χ0) is 21.2. The SMILES string of the molecule is CCn1c(CC2CCCN(C(=O)OC(C)(C)C)CC2)nc2ccc(F)cc2c1=O. The van der Waals surface area contributed by atoms with Gasteiger partial charge in [0.2, 0.25) is 0 Å². The van der Waals surface area contributed by atoms with Gasteiger partial charge in [0.05, 0.1) is 10.9 Å². The monoisotopic (exact) mass is 403 g/mol. The van der Waals surface area contributed by atoms with Crippen molar-refractivity contribution < 1.29 is 13.9 Å². The fourth-order valence-electron chi connectivity index (χ4n) is 3.86. The number of amides is 1. The summed E-state index contributed by atoms with van der Waals surface area (Å²) in [6.45, 7) is 9.30. The number of rotatable bonds is 3. The molecule has 1 amide bonds. The van der Waals surface area contributed by atoms with E-state index in [0.717, 1.165) is 25.1 Å². The molecule has 1 fully saturated rings. The Morgan fingerprint density at radius 2 is 2.03 bits per heavy atom. The molecule has 0 saturated carbocycles. The van der Waals surface area contributed by atoms with Gasteiger partial charge in [-0.2, -0.15) is 0 Å². The number of fused-ring (bicyclic) bond motifs is 1. The van der Waals surface area contributed by atoms with Crippen molar-refractivity contribution in [1.29, 1.82) is 0 Å². The summed E-state index contributed by atoms with van der Waals surface area (Å²) in [6, 6.07) is 4.15. The quantitative estimate of drug-likeness (QED) is 0.773. The third-order valence-corrected chi connectivity index (χ3v) is 5.28. The first-order valence-corrected chi connectivity index (χ1v) is 10.3. The van der Waals surface area contributed by atoms with E-state index in [-0.39, 0.29) is 11.7 Å². The maximum absolute atomic E-state index is 13.6. The molecule has 3 rings (SSSR count). The predicted octanol–water partition coefficient (Wildman–Crippen LogP) is 4.14. The summed E-state index contributed by atoms with van der Waals surface area (Å²) >= 11 is 0. The summed E-state index contributed by atoms with van der Waals surface area (Å²) in [7, 11) is 0. The van der Waals surface area contributed by atoms with Gasteiger partial charge in [0.1, 0.15) is 17.2 Å². The van der Waals surface area contributed by atoms with Gasteiger partial charge in [-0.05, 0) is 71.1 Å². The van der Waals surface area contributed by atoms with Crippen LogP contribution in [0, 0.1) is 11.7 Å². The van der Waals surface area contributed by atoms with Gasteiger partial charge in [-0.25, -0.2) is 14.2 Å². The molecule has 1 atom stereocenters. The number of likely N-dealkylation sites (tertiary alicyclic amines) is 1. The van der Waals surface area contributed by atoms with Crippen molar-refractivity contribution >= 4 is 17.0 Å². The molecule has 0 spiro atoms. The third-order valence-electron chi connectivity index (χ3n) is 5.28. The van der Waals surface area contributed by atoms with E-state index in [0.29, 0.717) is 42.9 Å². The summed E-state index contributed by atoms with van der Waals surface area (Å²) in [6.07, 6.45) is 3.08. The molecular weight excluding hydrogens is 373 g/mol. The number of hydrogen-bond donors (Lipinski definition) is 0. The summed E-state index contributed by atoms with van der Waals surface area (Å²) < 4.78 is 20.7. The van der Waals surface area contributed by atoms with Crippen LogP contribution in [0.15, 0.2) is 23.0 Å². The van der Waals surface area contributed by atoms with Crippen molar-refractivity contribution in [1.82, 2.24) is 14.5 Å². The van der Waals surface area contributed by atoms with Gasteiger partial charge in [-0.1, -0.05) is 0 Å². The minimum absolute atomic E-state index is 0.198.